The van der Waals surface area contributed by atoms with E-state index in [1.165, 1.54) is 20.8 Å². The topological polar surface area (TPSA) is 88.1 Å². The molecule has 0 bridgehead atoms. The highest BCUT2D eigenvalue weighted by Gasteiger charge is 1.99. The number of methoxy groups -OCH3 is 1. The molecule has 0 aromatic heterocycles. The van der Waals surface area contributed by atoms with Gasteiger partial charge in [0.15, 0.2) is 0 Å². The summed E-state index contributed by atoms with van der Waals surface area (Å²) in [7, 11) is 1.64. The molecule has 20 heavy (non-hydrogen) atoms. The molecule has 0 aliphatic heterocycles. The molecule has 0 N–H and O–H groups in total. The van der Waals surface area contributed by atoms with Gasteiger partial charge in [-0.15, -0.1) is 0 Å². The van der Waals surface area contributed by atoms with Gasteiger partial charge in [-0.25, -0.2) is 0 Å². The summed E-state index contributed by atoms with van der Waals surface area (Å²) >= 11 is 0. The van der Waals surface area contributed by atoms with E-state index in [-0.39, 0.29) is 37.2 Å². The van der Waals surface area contributed by atoms with Crippen molar-refractivity contribution >= 4 is 17.9 Å². The first-order chi connectivity index (χ1) is 9.29. The molecule has 0 aliphatic rings. The molecule has 0 fully saturated rings. The predicted octanol–water partition coefficient (Wildman–Crippen LogP) is 1.09. The smallest absolute Gasteiger partial charge is 0.302 e. The van der Waals surface area contributed by atoms with Crippen molar-refractivity contribution in [1.82, 2.24) is 0 Å². The maximum Gasteiger partial charge on any atom is 0.302 e. The lowest BCUT2D eigenvalue weighted by molar-refractivity contribution is -0.149. The van der Waals surface area contributed by atoms with Gasteiger partial charge in [0, 0.05) is 34.3 Å². The molecular formula is C13H24O7. The van der Waals surface area contributed by atoms with E-state index in [2.05, 4.69) is 9.47 Å². The van der Waals surface area contributed by atoms with Crippen molar-refractivity contribution in [3.05, 3.63) is 0 Å². The van der Waals surface area contributed by atoms with Gasteiger partial charge in [0.05, 0.1) is 12.7 Å². The third kappa shape index (κ3) is 21.6. The molecule has 0 aromatic rings. The van der Waals surface area contributed by atoms with Crippen molar-refractivity contribution in [1.29, 1.82) is 0 Å². The Morgan fingerprint density at radius 1 is 0.800 bits per heavy atom. The minimum absolute atomic E-state index is 0.134. The van der Waals surface area contributed by atoms with E-state index >= 15 is 0 Å². The summed E-state index contributed by atoms with van der Waals surface area (Å²) in [4.78, 5) is 30.5. The van der Waals surface area contributed by atoms with Gasteiger partial charge in [-0.3, -0.25) is 14.4 Å². The molecule has 0 saturated carbocycles. The summed E-state index contributed by atoms with van der Waals surface area (Å²) in [5.74, 6) is -0.970. The van der Waals surface area contributed by atoms with Crippen molar-refractivity contribution in [2.45, 2.75) is 40.2 Å². The summed E-state index contributed by atoms with van der Waals surface area (Å²) in [5.41, 5.74) is 0. The first-order valence-corrected chi connectivity index (χ1v) is 6.22. The molecular weight excluding hydrogens is 268 g/mol. The van der Waals surface area contributed by atoms with Gasteiger partial charge in [0.1, 0.15) is 13.2 Å². The van der Waals surface area contributed by atoms with Gasteiger partial charge in [-0.1, -0.05) is 0 Å². The van der Waals surface area contributed by atoms with Crippen LogP contribution in [-0.4, -0.2) is 50.9 Å². The van der Waals surface area contributed by atoms with Gasteiger partial charge >= 0.3 is 17.9 Å². The van der Waals surface area contributed by atoms with Gasteiger partial charge in [0.2, 0.25) is 0 Å². The zero-order valence-corrected chi connectivity index (χ0v) is 12.8. The van der Waals surface area contributed by atoms with Crippen LogP contribution in [0.4, 0.5) is 0 Å². The third-order valence-electron chi connectivity index (χ3n) is 1.93. The number of carbonyl (C=O) groups excluding carboxylic acids is 3. The van der Waals surface area contributed by atoms with Crippen LogP contribution in [0.15, 0.2) is 0 Å². The zero-order valence-electron chi connectivity index (χ0n) is 12.8. The highest BCUT2D eigenvalue weighted by molar-refractivity contribution is 5.66. The van der Waals surface area contributed by atoms with Crippen LogP contribution in [-0.2, 0) is 33.3 Å². The molecule has 0 amide bonds. The largest absolute Gasteiger partial charge is 0.466 e. The summed E-state index contributed by atoms with van der Waals surface area (Å²) in [5, 5.41) is 0. The van der Waals surface area contributed by atoms with Gasteiger partial charge in [-0.05, 0) is 6.92 Å². The lowest BCUT2D eigenvalue weighted by Crippen LogP contribution is -2.10. The number of rotatable bonds is 7. The van der Waals surface area contributed by atoms with Crippen molar-refractivity contribution in [3.63, 3.8) is 0 Å². The van der Waals surface area contributed by atoms with E-state index in [9.17, 15) is 14.4 Å². The van der Waals surface area contributed by atoms with Crippen molar-refractivity contribution in [3.8, 4) is 0 Å². The predicted molar refractivity (Wildman–Crippen MR) is 71.0 cm³/mol. The van der Waals surface area contributed by atoms with Crippen LogP contribution in [0.5, 0.6) is 0 Å². The van der Waals surface area contributed by atoms with E-state index in [4.69, 9.17) is 9.47 Å². The summed E-state index contributed by atoms with van der Waals surface area (Å²) in [6.45, 7) is 6.65. The molecule has 118 valence electrons. The number of carbonyl (C=O) groups is 3. The molecule has 0 aromatic carbocycles. The second-order valence-corrected chi connectivity index (χ2v) is 3.86. The van der Waals surface area contributed by atoms with Crippen molar-refractivity contribution < 1.29 is 33.3 Å². The number of esters is 3. The third-order valence-corrected chi connectivity index (χ3v) is 1.93. The second-order valence-electron chi connectivity index (χ2n) is 3.86. The number of hydrogen-bond acceptors (Lipinski definition) is 7. The van der Waals surface area contributed by atoms with Crippen LogP contribution in [0.1, 0.15) is 34.1 Å². The quantitative estimate of drug-likeness (QED) is 0.394. The fourth-order valence-electron chi connectivity index (χ4n) is 0.857. The normalized spacial score (nSPS) is 10.7. The Bertz CT molecular complexity index is 272. The van der Waals surface area contributed by atoms with Gasteiger partial charge in [-0.2, -0.15) is 0 Å². The van der Waals surface area contributed by atoms with Crippen LogP contribution in [0.3, 0.4) is 0 Å². The molecule has 0 heterocycles. The maximum atomic E-state index is 10.3. The van der Waals surface area contributed by atoms with E-state index in [0.29, 0.717) is 6.61 Å². The van der Waals surface area contributed by atoms with E-state index < -0.39 is 0 Å². The standard InChI is InChI=1S/C7H14O3.C6H10O4/c1-6(9-3)4-5-10-7(2)8;1-5(7)9-3-4-10-6(2)8/h6H,4-5H2,1-3H3;3-4H2,1-2H3. The lowest BCUT2D eigenvalue weighted by atomic mass is 10.3. The summed E-state index contributed by atoms with van der Waals surface area (Å²) in [6, 6.07) is 0. The minimum Gasteiger partial charge on any atom is -0.466 e. The Hall–Kier alpha value is -1.63. The summed E-state index contributed by atoms with van der Waals surface area (Å²) < 4.78 is 18.6. The first kappa shape index (κ1) is 20.7. The van der Waals surface area contributed by atoms with Crippen LogP contribution in [0.25, 0.3) is 0 Å². The summed E-state index contributed by atoms with van der Waals surface area (Å²) in [6.07, 6.45) is 0.926. The highest BCUT2D eigenvalue weighted by atomic mass is 16.6. The van der Waals surface area contributed by atoms with Gasteiger partial charge in [0.25, 0.3) is 0 Å². The Morgan fingerprint density at radius 3 is 1.45 bits per heavy atom. The molecule has 0 saturated heterocycles. The average Bonchev–Trinajstić information content (AvgIpc) is 2.34. The molecule has 7 heteroatoms. The second kappa shape index (κ2) is 13.8. The van der Waals surface area contributed by atoms with Crippen molar-refractivity contribution in [2.75, 3.05) is 26.9 Å². The Kier molecular flexibility index (Phi) is 14.3. The van der Waals surface area contributed by atoms with Crippen LogP contribution in [0, 0.1) is 0 Å². The maximum absolute atomic E-state index is 10.3. The van der Waals surface area contributed by atoms with Crippen LogP contribution >= 0.6 is 0 Å². The molecule has 1 atom stereocenters. The highest BCUT2D eigenvalue weighted by Crippen LogP contribution is 1.94. The zero-order chi connectivity index (χ0) is 16.0. The fraction of sp³-hybridized carbons (Fsp3) is 0.769. The first-order valence-electron chi connectivity index (χ1n) is 6.22. The number of hydrogen-bond donors (Lipinski definition) is 0. The van der Waals surface area contributed by atoms with Crippen molar-refractivity contribution in [2.24, 2.45) is 0 Å². The molecule has 0 radical (unpaired) electrons. The minimum atomic E-state index is -0.368. The molecule has 7 nitrogen and oxygen atoms in total. The van der Waals surface area contributed by atoms with E-state index in [1.807, 2.05) is 6.92 Å². The number of ether oxygens (including phenoxy) is 4. The molecule has 0 spiro atoms. The Morgan fingerprint density at radius 2 is 1.15 bits per heavy atom. The van der Waals surface area contributed by atoms with E-state index in [1.54, 1.807) is 7.11 Å². The average molecular weight is 292 g/mol. The lowest BCUT2D eigenvalue weighted by Gasteiger charge is -2.07. The monoisotopic (exact) mass is 292 g/mol. The Labute approximate surface area is 119 Å². The van der Waals surface area contributed by atoms with E-state index in [0.717, 1.165) is 6.42 Å². The Balaban J connectivity index is 0. The molecule has 1 unspecified atom stereocenters. The van der Waals surface area contributed by atoms with Gasteiger partial charge < -0.3 is 18.9 Å². The molecule has 0 aliphatic carbocycles. The van der Waals surface area contributed by atoms with Crippen LogP contribution in [0.2, 0.25) is 0 Å². The molecule has 0 rings (SSSR count). The fourth-order valence-corrected chi connectivity index (χ4v) is 0.857. The SMILES string of the molecule is CC(=O)OCCOC(C)=O.COC(C)CCOC(C)=O. The van der Waals surface area contributed by atoms with Crippen LogP contribution < -0.4 is 0 Å².